The second kappa shape index (κ2) is 10.6. The SMILES string of the molecule is CCOc1cc(C(=O)Nc2cccc(CC)c2)ccc1OCC(=O)N1CCOCC1. The number of rotatable bonds is 8. The van der Waals surface area contributed by atoms with Crippen molar-refractivity contribution in [3.63, 3.8) is 0 Å². The number of nitrogens with one attached hydrogen (secondary N) is 1. The largest absolute Gasteiger partial charge is 0.490 e. The number of nitrogens with zero attached hydrogens (tertiary/aromatic N) is 1. The van der Waals surface area contributed by atoms with Crippen molar-refractivity contribution >= 4 is 17.5 Å². The van der Waals surface area contributed by atoms with Gasteiger partial charge in [-0.15, -0.1) is 0 Å². The van der Waals surface area contributed by atoms with Crippen molar-refractivity contribution in [2.75, 3.05) is 44.8 Å². The Morgan fingerprint density at radius 1 is 1.03 bits per heavy atom. The second-order valence-corrected chi connectivity index (χ2v) is 6.88. The van der Waals surface area contributed by atoms with Crippen LogP contribution in [0.4, 0.5) is 5.69 Å². The molecule has 7 nitrogen and oxygen atoms in total. The smallest absolute Gasteiger partial charge is 0.260 e. The maximum atomic E-state index is 12.7. The summed E-state index contributed by atoms with van der Waals surface area (Å²) < 4.78 is 16.6. The number of morpholine rings is 1. The molecule has 1 fully saturated rings. The van der Waals surface area contributed by atoms with Crippen molar-refractivity contribution in [3.8, 4) is 11.5 Å². The molecule has 0 spiro atoms. The third kappa shape index (κ3) is 5.73. The number of carbonyl (C=O) groups excluding carboxylic acids is 2. The van der Waals surface area contributed by atoms with Crippen molar-refractivity contribution in [3.05, 3.63) is 53.6 Å². The fraction of sp³-hybridized carbons (Fsp3) is 0.391. The molecule has 160 valence electrons. The average Bonchev–Trinajstić information content (AvgIpc) is 2.78. The molecule has 2 aromatic carbocycles. The maximum Gasteiger partial charge on any atom is 0.260 e. The van der Waals surface area contributed by atoms with Crippen LogP contribution in [0.15, 0.2) is 42.5 Å². The highest BCUT2D eigenvalue weighted by Crippen LogP contribution is 2.29. The number of hydrogen-bond donors (Lipinski definition) is 1. The molecule has 1 aliphatic rings. The topological polar surface area (TPSA) is 77.1 Å². The maximum absolute atomic E-state index is 12.7. The fourth-order valence-corrected chi connectivity index (χ4v) is 3.15. The van der Waals surface area contributed by atoms with Crippen molar-refractivity contribution in [2.45, 2.75) is 20.3 Å². The molecule has 1 aliphatic heterocycles. The van der Waals surface area contributed by atoms with E-state index in [-0.39, 0.29) is 18.4 Å². The first-order valence-electron chi connectivity index (χ1n) is 10.3. The zero-order valence-electron chi connectivity index (χ0n) is 17.5. The van der Waals surface area contributed by atoms with Crippen LogP contribution < -0.4 is 14.8 Å². The number of benzene rings is 2. The first-order valence-corrected chi connectivity index (χ1v) is 10.3. The van der Waals surface area contributed by atoms with Crippen molar-refractivity contribution in [1.82, 2.24) is 4.90 Å². The van der Waals surface area contributed by atoms with Crippen LogP contribution in [0.5, 0.6) is 11.5 Å². The Balaban J connectivity index is 1.67. The van der Waals surface area contributed by atoms with Gasteiger partial charge in [-0.05, 0) is 49.2 Å². The van der Waals surface area contributed by atoms with Gasteiger partial charge in [0.1, 0.15) is 0 Å². The average molecular weight is 412 g/mol. The number of carbonyl (C=O) groups is 2. The number of amides is 2. The van der Waals surface area contributed by atoms with Crippen molar-refractivity contribution in [2.24, 2.45) is 0 Å². The van der Waals surface area contributed by atoms with Crippen LogP contribution in [0.3, 0.4) is 0 Å². The molecule has 2 amide bonds. The van der Waals surface area contributed by atoms with Crippen molar-refractivity contribution < 1.29 is 23.8 Å². The van der Waals surface area contributed by atoms with Gasteiger partial charge in [0.2, 0.25) is 0 Å². The van der Waals surface area contributed by atoms with Gasteiger partial charge < -0.3 is 24.4 Å². The lowest BCUT2D eigenvalue weighted by atomic mass is 10.1. The molecule has 1 heterocycles. The molecular formula is C23H28N2O5. The molecule has 1 saturated heterocycles. The van der Waals surface area contributed by atoms with Gasteiger partial charge in [0.25, 0.3) is 11.8 Å². The molecule has 3 rings (SSSR count). The third-order valence-electron chi connectivity index (χ3n) is 4.81. The second-order valence-electron chi connectivity index (χ2n) is 6.88. The van der Waals surface area contributed by atoms with Gasteiger partial charge in [0, 0.05) is 24.3 Å². The molecule has 7 heteroatoms. The first-order chi connectivity index (χ1) is 14.6. The Hall–Kier alpha value is -3.06. The third-order valence-corrected chi connectivity index (χ3v) is 4.81. The summed E-state index contributed by atoms with van der Waals surface area (Å²) in [4.78, 5) is 26.7. The number of aryl methyl sites for hydroxylation is 1. The summed E-state index contributed by atoms with van der Waals surface area (Å²) in [7, 11) is 0. The minimum atomic E-state index is -0.236. The molecule has 0 aliphatic carbocycles. The molecule has 30 heavy (non-hydrogen) atoms. The van der Waals surface area contributed by atoms with E-state index in [0.29, 0.717) is 50.0 Å². The van der Waals surface area contributed by atoms with E-state index in [1.54, 1.807) is 23.1 Å². The predicted molar refractivity (Wildman–Crippen MR) is 114 cm³/mol. The van der Waals surface area contributed by atoms with E-state index in [1.165, 1.54) is 0 Å². The van der Waals surface area contributed by atoms with Gasteiger partial charge in [-0.2, -0.15) is 0 Å². The zero-order valence-corrected chi connectivity index (χ0v) is 17.5. The van der Waals surface area contributed by atoms with Gasteiger partial charge in [0.05, 0.1) is 19.8 Å². The van der Waals surface area contributed by atoms with Gasteiger partial charge >= 0.3 is 0 Å². The standard InChI is InChI=1S/C23H28N2O5/c1-3-17-6-5-7-19(14-17)24-23(27)18-8-9-20(21(15-18)29-4-2)30-16-22(26)25-10-12-28-13-11-25/h5-9,14-15H,3-4,10-13,16H2,1-2H3,(H,24,27). The van der Waals surface area contributed by atoms with Crippen LogP contribution in [0.2, 0.25) is 0 Å². The Morgan fingerprint density at radius 2 is 1.83 bits per heavy atom. The number of hydrogen-bond acceptors (Lipinski definition) is 5. The first kappa shape index (κ1) is 21.6. The van der Waals surface area contributed by atoms with Crippen LogP contribution >= 0.6 is 0 Å². The van der Waals surface area contributed by atoms with Crippen LogP contribution in [0.25, 0.3) is 0 Å². The van der Waals surface area contributed by atoms with E-state index < -0.39 is 0 Å². The van der Waals surface area contributed by atoms with E-state index in [0.717, 1.165) is 17.7 Å². The molecule has 0 radical (unpaired) electrons. The molecule has 0 unspecified atom stereocenters. The van der Waals surface area contributed by atoms with Gasteiger partial charge in [0.15, 0.2) is 18.1 Å². The van der Waals surface area contributed by atoms with Crippen LogP contribution in [0, 0.1) is 0 Å². The van der Waals surface area contributed by atoms with Gasteiger partial charge in [-0.25, -0.2) is 0 Å². The molecule has 0 bridgehead atoms. The Morgan fingerprint density at radius 3 is 2.57 bits per heavy atom. The lowest BCUT2D eigenvalue weighted by Gasteiger charge is -2.26. The van der Waals surface area contributed by atoms with Crippen LogP contribution in [-0.2, 0) is 16.0 Å². The van der Waals surface area contributed by atoms with E-state index >= 15 is 0 Å². The van der Waals surface area contributed by atoms with E-state index in [4.69, 9.17) is 14.2 Å². The minimum absolute atomic E-state index is 0.0879. The number of anilines is 1. The van der Waals surface area contributed by atoms with E-state index in [2.05, 4.69) is 12.2 Å². The summed E-state index contributed by atoms with van der Waals surface area (Å²) in [5.41, 5.74) is 2.34. The zero-order chi connectivity index (χ0) is 21.3. The van der Waals surface area contributed by atoms with Crippen LogP contribution in [0.1, 0.15) is 29.8 Å². The summed E-state index contributed by atoms with van der Waals surface area (Å²) in [5.74, 6) is 0.531. The summed E-state index contributed by atoms with van der Waals surface area (Å²) in [6.45, 7) is 6.47. The summed E-state index contributed by atoms with van der Waals surface area (Å²) in [6.07, 6.45) is 0.896. The summed E-state index contributed by atoms with van der Waals surface area (Å²) >= 11 is 0. The summed E-state index contributed by atoms with van der Waals surface area (Å²) in [6, 6.07) is 12.7. The highest BCUT2D eigenvalue weighted by molar-refractivity contribution is 6.04. The Bertz CT molecular complexity index is 878. The quantitative estimate of drug-likeness (QED) is 0.721. The summed E-state index contributed by atoms with van der Waals surface area (Å²) in [5, 5.41) is 2.91. The highest BCUT2D eigenvalue weighted by Gasteiger charge is 2.19. The molecule has 1 N–H and O–H groups in total. The van der Waals surface area contributed by atoms with Crippen LogP contribution in [-0.4, -0.2) is 56.2 Å². The normalized spacial score (nSPS) is 13.6. The molecular weight excluding hydrogens is 384 g/mol. The van der Waals surface area contributed by atoms with Gasteiger partial charge in [-0.3, -0.25) is 9.59 Å². The highest BCUT2D eigenvalue weighted by atomic mass is 16.5. The van der Waals surface area contributed by atoms with E-state index in [1.807, 2.05) is 31.2 Å². The predicted octanol–water partition coefficient (Wildman–Crippen LogP) is 3.14. The Labute approximate surface area is 176 Å². The molecule has 2 aromatic rings. The van der Waals surface area contributed by atoms with E-state index in [9.17, 15) is 9.59 Å². The Kier molecular flexibility index (Phi) is 7.68. The monoisotopic (exact) mass is 412 g/mol. The minimum Gasteiger partial charge on any atom is -0.490 e. The fourth-order valence-electron chi connectivity index (χ4n) is 3.15. The van der Waals surface area contributed by atoms with Gasteiger partial charge in [-0.1, -0.05) is 19.1 Å². The number of ether oxygens (including phenoxy) is 3. The lowest BCUT2D eigenvalue weighted by Crippen LogP contribution is -2.43. The molecule has 0 saturated carbocycles. The molecule has 0 atom stereocenters. The lowest BCUT2D eigenvalue weighted by molar-refractivity contribution is -0.137. The van der Waals surface area contributed by atoms with Crippen molar-refractivity contribution in [1.29, 1.82) is 0 Å². The molecule has 0 aromatic heterocycles.